The van der Waals surface area contributed by atoms with Gasteiger partial charge < -0.3 is 4.74 Å². The second kappa shape index (κ2) is 5.41. The van der Waals surface area contributed by atoms with Crippen molar-refractivity contribution in [3.05, 3.63) is 35.9 Å². The molecule has 0 saturated carbocycles. The molecule has 0 unspecified atom stereocenters. The van der Waals surface area contributed by atoms with Crippen LogP contribution >= 0.6 is 11.6 Å². The van der Waals surface area contributed by atoms with Crippen LogP contribution in [0.15, 0.2) is 24.4 Å². The van der Waals surface area contributed by atoms with Crippen LogP contribution in [-0.4, -0.2) is 26.4 Å². The zero-order chi connectivity index (χ0) is 15.0. The van der Waals surface area contributed by atoms with E-state index < -0.39 is 0 Å². The molecular formula is C15H17ClN4O. The quantitative estimate of drug-likeness (QED) is 0.696. The molecule has 21 heavy (non-hydrogen) atoms. The zero-order valence-electron chi connectivity index (χ0n) is 12.3. The fourth-order valence-electron chi connectivity index (χ4n) is 2.56. The van der Waals surface area contributed by atoms with E-state index in [0.717, 1.165) is 40.4 Å². The fraction of sp³-hybridized carbons (Fsp3) is 0.333. The highest BCUT2D eigenvalue weighted by atomic mass is 35.5. The summed E-state index contributed by atoms with van der Waals surface area (Å²) in [5, 5.41) is 4.50. The molecular weight excluding hydrogens is 288 g/mol. The molecule has 0 saturated heterocycles. The van der Waals surface area contributed by atoms with E-state index in [1.54, 1.807) is 7.11 Å². The number of benzene rings is 1. The number of alkyl halides is 1. The predicted octanol–water partition coefficient (Wildman–Crippen LogP) is 3.07. The lowest BCUT2D eigenvalue weighted by atomic mass is 10.2. The highest BCUT2D eigenvalue weighted by Crippen LogP contribution is 2.27. The number of aromatic nitrogens is 4. The summed E-state index contributed by atoms with van der Waals surface area (Å²) in [6, 6.07) is 5.86. The van der Waals surface area contributed by atoms with Gasteiger partial charge in [-0.25, -0.2) is 4.98 Å². The molecule has 0 bridgehead atoms. The van der Waals surface area contributed by atoms with E-state index in [2.05, 4.69) is 21.6 Å². The van der Waals surface area contributed by atoms with Gasteiger partial charge in [-0.3, -0.25) is 9.25 Å². The zero-order valence-corrected chi connectivity index (χ0v) is 13.1. The van der Waals surface area contributed by atoms with Gasteiger partial charge in [-0.2, -0.15) is 5.10 Å². The van der Waals surface area contributed by atoms with Crippen molar-refractivity contribution >= 4 is 22.6 Å². The molecule has 0 atom stereocenters. The summed E-state index contributed by atoms with van der Waals surface area (Å²) >= 11 is 6.09. The third-order valence-corrected chi connectivity index (χ3v) is 3.75. The first kappa shape index (κ1) is 13.9. The van der Waals surface area contributed by atoms with Crippen LogP contribution < -0.4 is 4.74 Å². The number of hydrogen-bond acceptors (Lipinski definition) is 3. The lowest BCUT2D eigenvalue weighted by Crippen LogP contribution is -2.01. The van der Waals surface area contributed by atoms with Crippen LogP contribution in [0, 0.1) is 0 Å². The summed E-state index contributed by atoms with van der Waals surface area (Å²) in [5.74, 6) is 1.94. The lowest BCUT2D eigenvalue weighted by molar-refractivity contribution is 0.415. The van der Waals surface area contributed by atoms with Crippen molar-refractivity contribution in [2.24, 2.45) is 7.05 Å². The van der Waals surface area contributed by atoms with E-state index in [4.69, 9.17) is 16.3 Å². The smallest absolute Gasteiger partial charge is 0.129 e. The number of imidazole rings is 1. The van der Waals surface area contributed by atoms with E-state index in [0.29, 0.717) is 5.88 Å². The Bertz CT molecular complexity index is 790. The fourth-order valence-corrected chi connectivity index (χ4v) is 2.74. The summed E-state index contributed by atoms with van der Waals surface area (Å²) in [5.41, 5.74) is 3.94. The maximum absolute atomic E-state index is 6.09. The van der Waals surface area contributed by atoms with E-state index in [9.17, 15) is 0 Å². The number of rotatable bonds is 4. The molecule has 110 valence electrons. The van der Waals surface area contributed by atoms with E-state index in [1.807, 2.05) is 36.1 Å². The molecule has 6 heteroatoms. The summed E-state index contributed by atoms with van der Waals surface area (Å²) in [6.45, 7) is 2.09. The average molecular weight is 305 g/mol. The Balaban J connectivity index is 2.29. The first-order chi connectivity index (χ1) is 10.2. The van der Waals surface area contributed by atoms with Gasteiger partial charge in [0.2, 0.25) is 0 Å². The molecule has 3 rings (SSSR count). The largest absolute Gasteiger partial charge is 0.497 e. The summed E-state index contributed by atoms with van der Waals surface area (Å²) in [6.07, 6.45) is 2.86. The van der Waals surface area contributed by atoms with Crippen LogP contribution in [0.3, 0.4) is 0 Å². The van der Waals surface area contributed by atoms with Gasteiger partial charge in [0.15, 0.2) is 0 Å². The van der Waals surface area contributed by atoms with Crippen LogP contribution in [0.1, 0.15) is 18.4 Å². The molecule has 0 aliphatic rings. The Kier molecular flexibility index (Phi) is 3.59. The van der Waals surface area contributed by atoms with Crippen molar-refractivity contribution < 1.29 is 4.74 Å². The minimum Gasteiger partial charge on any atom is -0.497 e. The number of aryl methyl sites for hydroxylation is 2. The molecule has 5 nitrogen and oxygen atoms in total. The van der Waals surface area contributed by atoms with Crippen molar-refractivity contribution in [3.63, 3.8) is 0 Å². The molecule has 0 spiro atoms. The Labute approximate surface area is 128 Å². The van der Waals surface area contributed by atoms with Gasteiger partial charge in [-0.1, -0.05) is 6.92 Å². The molecule has 0 N–H and O–H groups in total. The van der Waals surface area contributed by atoms with Crippen molar-refractivity contribution in [2.45, 2.75) is 19.2 Å². The molecule has 3 aromatic rings. The predicted molar refractivity (Wildman–Crippen MR) is 83.3 cm³/mol. The average Bonchev–Trinajstić information content (AvgIpc) is 3.05. The number of ether oxygens (including phenoxy) is 1. The SMILES string of the molecule is CCc1nn(C)cc1-n1c(CCl)nc2cc(OC)ccc21. The molecule has 0 radical (unpaired) electrons. The van der Waals surface area contributed by atoms with Crippen molar-refractivity contribution in [1.29, 1.82) is 0 Å². The third-order valence-electron chi connectivity index (χ3n) is 3.51. The molecule has 2 heterocycles. The van der Waals surface area contributed by atoms with Crippen LogP contribution in [0.25, 0.3) is 16.7 Å². The van der Waals surface area contributed by atoms with Gasteiger partial charge in [-0.05, 0) is 18.6 Å². The molecule has 0 fully saturated rings. The number of fused-ring (bicyclic) bond motifs is 1. The molecule has 0 aliphatic carbocycles. The maximum Gasteiger partial charge on any atom is 0.129 e. The second-order valence-electron chi connectivity index (χ2n) is 4.84. The minimum absolute atomic E-state index is 0.342. The van der Waals surface area contributed by atoms with Crippen LogP contribution in [0.4, 0.5) is 0 Å². The van der Waals surface area contributed by atoms with E-state index >= 15 is 0 Å². The number of methoxy groups -OCH3 is 1. The Morgan fingerprint density at radius 2 is 2.14 bits per heavy atom. The first-order valence-electron chi connectivity index (χ1n) is 6.82. The molecule has 1 aromatic carbocycles. The van der Waals surface area contributed by atoms with Gasteiger partial charge in [0.25, 0.3) is 0 Å². The lowest BCUT2D eigenvalue weighted by Gasteiger charge is -2.07. The van der Waals surface area contributed by atoms with E-state index in [1.165, 1.54) is 0 Å². The van der Waals surface area contributed by atoms with Crippen LogP contribution in [-0.2, 0) is 19.3 Å². The summed E-state index contributed by atoms with van der Waals surface area (Å²) in [4.78, 5) is 4.61. The van der Waals surface area contributed by atoms with Crippen LogP contribution in [0.2, 0.25) is 0 Å². The van der Waals surface area contributed by atoms with Crippen molar-refractivity contribution in [1.82, 2.24) is 19.3 Å². The van der Waals surface area contributed by atoms with Crippen LogP contribution in [0.5, 0.6) is 5.75 Å². The standard InChI is InChI=1S/C15H17ClN4O/c1-4-11-14(9-19(2)18-11)20-13-6-5-10(21-3)7-12(13)17-15(20)8-16/h5-7,9H,4,8H2,1-3H3. The maximum atomic E-state index is 6.09. The van der Waals surface area contributed by atoms with Gasteiger partial charge >= 0.3 is 0 Å². The molecule has 2 aromatic heterocycles. The summed E-state index contributed by atoms with van der Waals surface area (Å²) in [7, 11) is 3.57. The first-order valence-corrected chi connectivity index (χ1v) is 7.35. The number of halogens is 1. The van der Waals surface area contributed by atoms with Gasteiger partial charge in [0.05, 0.1) is 35.4 Å². The highest BCUT2D eigenvalue weighted by Gasteiger charge is 2.16. The second-order valence-corrected chi connectivity index (χ2v) is 5.11. The van der Waals surface area contributed by atoms with E-state index in [-0.39, 0.29) is 0 Å². The molecule has 0 aliphatic heterocycles. The third kappa shape index (κ3) is 2.27. The number of nitrogens with zero attached hydrogens (tertiary/aromatic N) is 4. The topological polar surface area (TPSA) is 44.9 Å². The van der Waals surface area contributed by atoms with Gasteiger partial charge in [-0.15, -0.1) is 11.6 Å². The van der Waals surface area contributed by atoms with Crippen molar-refractivity contribution in [2.75, 3.05) is 7.11 Å². The monoisotopic (exact) mass is 304 g/mol. The Hall–Kier alpha value is -2.01. The Morgan fingerprint density at radius 3 is 2.81 bits per heavy atom. The molecule has 0 amide bonds. The minimum atomic E-state index is 0.342. The van der Waals surface area contributed by atoms with Crippen molar-refractivity contribution in [3.8, 4) is 11.4 Å². The summed E-state index contributed by atoms with van der Waals surface area (Å²) < 4.78 is 9.16. The van der Waals surface area contributed by atoms with Gasteiger partial charge in [0, 0.05) is 19.3 Å². The van der Waals surface area contributed by atoms with Gasteiger partial charge in [0.1, 0.15) is 11.6 Å². The number of hydrogen-bond donors (Lipinski definition) is 0. The normalized spacial score (nSPS) is 11.2. The highest BCUT2D eigenvalue weighted by molar-refractivity contribution is 6.17. The Morgan fingerprint density at radius 1 is 1.33 bits per heavy atom.